The van der Waals surface area contributed by atoms with Crippen molar-refractivity contribution >= 4 is 11.9 Å². The molecule has 11 N–H and O–H groups in total. The van der Waals surface area contributed by atoms with Gasteiger partial charge in [-0.25, -0.2) is 0 Å². The number of carboxylic acids is 2. The van der Waals surface area contributed by atoms with Crippen molar-refractivity contribution in [3.8, 4) is 0 Å². The summed E-state index contributed by atoms with van der Waals surface area (Å²) in [6.45, 7) is 0. The molecule has 0 heterocycles. The SMILES string of the molecule is O=C([O-])[C@@H](O)C(O)[C@@H](O)C(=O)[O-].[NH4+].[NH4+]. The van der Waals surface area contributed by atoms with Crippen molar-refractivity contribution in [2.24, 2.45) is 0 Å². The Bertz CT molecular complexity index is 177. The number of carbonyl (C=O) groups is 2. The predicted molar refractivity (Wildman–Crippen MR) is 40.0 cm³/mol. The summed E-state index contributed by atoms with van der Waals surface area (Å²) in [5.41, 5.74) is 0. The van der Waals surface area contributed by atoms with Crippen LogP contribution in [-0.4, -0.2) is 45.6 Å². The van der Waals surface area contributed by atoms with Gasteiger partial charge in [0.15, 0.2) is 0 Å². The molecule has 0 bridgehead atoms. The fraction of sp³-hybridized carbons (Fsp3) is 0.600. The van der Waals surface area contributed by atoms with Gasteiger partial charge >= 0.3 is 0 Å². The van der Waals surface area contributed by atoms with Crippen LogP contribution in [0.15, 0.2) is 0 Å². The summed E-state index contributed by atoms with van der Waals surface area (Å²) in [6, 6.07) is 0. The lowest BCUT2D eigenvalue weighted by molar-refractivity contribution is -0.327. The van der Waals surface area contributed by atoms with Crippen molar-refractivity contribution in [1.29, 1.82) is 0 Å². The number of carboxylic acid groups (broad SMARTS) is 2. The molecule has 1 unspecified atom stereocenters. The number of aliphatic hydroxyl groups excluding tert-OH is 3. The van der Waals surface area contributed by atoms with E-state index in [2.05, 4.69) is 0 Å². The number of rotatable bonds is 4. The molecule has 86 valence electrons. The Kier molecular flexibility index (Phi) is 9.48. The molecule has 0 saturated carbocycles. The van der Waals surface area contributed by atoms with E-state index < -0.39 is 30.3 Å². The Morgan fingerprint density at radius 2 is 1.07 bits per heavy atom. The fourth-order valence-corrected chi connectivity index (χ4v) is 0.452. The first-order valence-corrected chi connectivity index (χ1v) is 2.84. The molecule has 0 rings (SSSR count). The number of carbonyl (C=O) groups excluding carboxylic acids is 2. The van der Waals surface area contributed by atoms with Crippen molar-refractivity contribution in [2.45, 2.75) is 18.3 Å². The van der Waals surface area contributed by atoms with Crippen molar-refractivity contribution in [2.75, 3.05) is 0 Å². The Balaban J connectivity index is -0.000000605. The van der Waals surface area contributed by atoms with Crippen LogP contribution >= 0.6 is 0 Å². The molecule has 0 aromatic rings. The first kappa shape index (κ1) is 18.5. The first-order valence-electron chi connectivity index (χ1n) is 2.84. The van der Waals surface area contributed by atoms with E-state index in [0.717, 1.165) is 0 Å². The lowest BCUT2D eigenvalue weighted by Gasteiger charge is -2.23. The number of aliphatic carboxylic acids is 2. The molecule has 0 aliphatic heterocycles. The Morgan fingerprint density at radius 1 is 0.857 bits per heavy atom. The molecular formula is C5H14N2O7. The molecule has 0 spiro atoms. The van der Waals surface area contributed by atoms with Crippen LogP contribution in [0.4, 0.5) is 0 Å². The maximum atomic E-state index is 9.82. The normalized spacial score (nSPS) is 15.4. The minimum Gasteiger partial charge on any atom is -0.547 e. The maximum Gasteiger partial charge on any atom is 0.122 e. The zero-order chi connectivity index (χ0) is 9.89. The highest BCUT2D eigenvalue weighted by atomic mass is 16.4. The summed E-state index contributed by atoms with van der Waals surface area (Å²) in [4.78, 5) is 19.6. The summed E-state index contributed by atoms with van der Waals surface area (Å²) in [5.74, 6) is -4.16. The number of quaternary nitrogens is 2. The zero-order valence-electron chi connectivity index (χ0n) is 7.71. The lowest BCUT2D eigenvalue weighted by atomic mass is 10.1. The first-order chi connectivity index (χ1) is 5.37. The van der Waals surface area contributed by atoms with Crippen LogP contribution in [0, 0.1) is 0 Å². The topological polar surface area (TPSA) is 214 Å². The molecule has 9 heteroatoms. The van der Waals surface area contributed by atoms with Gasteiger partial charge in [0.1, 0.15) is 18.3 Å². The van der Waals surface area contributed by atoms with Crippen LogP contribution in [0.1, 0.15) is 0 Å². The highest BCUT2D eigenvalue weighted by Gasteiger charge is 2.26. The molecule has 9 nitrogen and oxygen atoms in total. The van der Waals surface area contributed by atoms with E-state index in [1.807, 2.05) is 0 Å². The van der Waals surface area contributed by atoms with Crippen LogP contribution in [-0.2, 0) is 9.59 Å². The van der Waals surface area contributed by atoms with E-state index in [0.29, 0.717) is 0 Å². The molecule has 3 atom stereocenters. The molecule has 0 fully saturated rings. The second kappa shape index (κ2) is 7.17. The van der Waals surface area contributed by atoms with Gasteiger partial charge in [0.2, 0.25) is 0 Å². The Morgan fingerprint density at radius 3 is 1.21 bits per heavy atom. The van der Waals surface area contributed by atoms with Gasteiger partial charge in [0.05, 0.1) is 11.9 Å². The average Bonchev–Trinajstić information content (AvgIpc) is 2.00. The average molecular weight is 214 g/mol. The molecule has 0 aliphatic rings. The third-order valence-electron chi connectivity index (χ3n) is 1.13. The van der Waals surface area contributed by atoms with Gasteiger partial charge in [0, 0.05) is 0 Å². The zero-order valence-corrected chi connectivity index (χ0v) is 7.71. The van der Waals surface area contributed by atoms with Gasteiger partial charge in [0.25, 0.3) is 0 Å². The molecule has 0 aromatic heterocycles. The third-order valence-corrected chi connectivity index (χ3v) is 1.13. The summed E-state index contributed by atoms with van der Waals surface area (Å²) < 4.78 is 0. The molecule has 0 aromatic carbocycles. The highest BCUT2D eigenvalue weighted by molar-refractivity contribution is 5.75. The molecule has 0 amide bonds. The van der Waals surface area contributed by atoms with Crippen molar-refractivity contribution in [3.05, 3.63) is 0 Å². The highest BCUT2D eigenvalue weighted by Crippen LogP contribution is 1.98. The van der Waals surface area contributed by atoms with Crippen LogP contribution in [0.2, 0.25) is 0 Å². The monoisotopic (exact) mass is 214 g/mol. The Hall–Kier alpha value is -1.26. The summed E-state index contributed by atoms with van der Waals surface area (Å²) in [5, 5.41) is 45.1. The largest absolute Gasteiger partial charge is 0.547 e. The van der Waals surface area contributed by atoms with Gasteiger partial charge in [-0.1, -0.05) is 0 Å². The van der Waals surface area contributed by atoms with Gasteiger partial charge in [-0.2, -0.15) is 0 Å². The second-order valence-electron chi connectivity index (χ2n) is 2.02. The van der Waals surface area contributed by atoms with Crippen LogP contribution in [0.3, 0.4) is 0 Å². The quantitative estimate of drug-likeness (QED) is 0.307. The lowest BCUT2D eigenvalue weighted by Crippen LogP contribution is -2.53. The number of hydrogen-bond donors (Lipinski definition) is 5. The van der Waals surface area contributed by atoms with E-state index in [1.54, 1.807) is 0 Å². The number of hydrogen-bond acceptors (Lipinski definition) is 7. The van der Waals surface area contributed by atoms with Crippen LogP contribution in [0.25, 0.3) is 0 Å². The van der Waals surface area contributed by atoms with Crippen LogP contribution in [0.5, 0.6) is 0 Å². The van der Waals surface area contributed by atoms with Gasteiger partial charge in [-0.05, 0) is 0 Å². The standard InChI is InChI=1S/C5H8O7.2H3N/c6-1(2(7)4(9)10)3(8)5(11)12;;/h1-3,6-8H,(H,9,10)(H,11,12);2*1H3/t1?,2-,3+;;. The molecule has 14 heavy (non-hydrogen) atoms. The summed E-state index contributed by atoms with van der Waals surface area (Å²) in [7, 11) is 0. The minimum absolute atomic E-state index is 0. The maximum absolute atomic E-state index is 9.82. The van der Waals surface area contributed by atoms with Crippen molar-refractivity contribution < 1.29 is 35.1 Å². The van der Waals surface area contributed by atoms with Gasteiger partial charge in [-0.3, -0.25) is 0 Å². The molecule has 0 aliphatic carbocycles. The fourth-order valence-electron chi connectivity index (χ4n) is 0.452. The molecular weight excluding hydrogens is 200 g/mol. The van der Waals surface area contributed by atoms with E-state index >= 15 is 0 Å². The van der Waals surface area contributed by atoms with E-state index in [4.69, 9.17) is 15.3 Å². The van der Waals surface area contributed by atoms with Gasteiger partial charge in [-0.15, -0.1) is 0 Å². The van der Waals surface area contributed by atoms with E-state index in [9.17, 15) is 19.8 Å². The molecule has 0 saturated heterocycles. The van der Waals surface area contributed by atoms with E-state index in [1.165, 1.54) is 0 Å². The van der Waals surface area contributed by atoms with Crippen molar-refractivity contribution in [3.63, 3.8) is 0 Å². The van der Waals surface area contributed by atoms with Crippen molar-refractivity contribution in [1.82, 2.24) is 12.3 Å². The number of aliphatic hydroxyl groups is 3. The molecule has 0 radical (unpaired) electrons. The predicted octanol–water partition coefficient (Wildman–Crippen LogP) is -4.68. The third kappa shape index (κ3) is 4.69. The second-order valence-corrected chi connectivity index (χ2v) is 2.02. The van der Waals surface area contributed by atoms with E-state index in [-0.39, 0.29) is 12.3 Å². The van der Waals surface area contributed by atoms with Gasteiger partial charge < -0.3 is 47.4 Å². The minimum atomic E-state index is -2.46. The summed E-state index contributed by atoms with van der Waals surface area (Å²) in [6.07, 6.45) is -7.28. The smallest absolute Gasteiger partial charge is 0.122 e. The van der Waals surface area contributed by atoms with Crippen LogP contribution < -0.4 is 22.5 Å². The summed E-state index contributed by atoms with van der Waals surface area (Å²) >= 11 is 0. The Labute approximate surface area is 78.8 Å².